The lowest BCUT2D eigenvalue weighted by Gasteiger charge is -2.38. The Labute approximate surface area is 175 Å². The van der Waals surface area contributed by atoms with Crippen molar-refractivity contribution in [3.63, 3.8) is 0 Å². The molecule has 0 radical (unpaired) electrons. The maximum Gasteiger partial charge on any atom is 0.279 e. The van der Waals surface area contributed by atoms with Crippen LogP contribution in [0.4, 0.5) is 10.3 Å². The fourth-order valence-electron chi connectivity index (χ4n) is 3.46. The first-order chi connectivity index (χ1) is 13.5. The van der Waals surface area contributed by atoms with E-state index in [2.05, 4.69) is 55.3 Å². The number of carbonyl (C=O) groups excluding carboxylic acids is 1. The van der Waals surface area contributed by atoms with Crippen molar-refractivity contribution < 1.29 is 9.32 Å². The molecule has 0 unspecified atom stereocenters. The zero-order valence-electron chi connectivity index (χ0n) is 15.6. The van der Waals surface area contributed by atoms with E-state index in [0.29, 0.717) is 23.0 Å². The van der Waals surface area contributed by atoms with E-state index in [1.54, 1.807) is 6.07 Å². The number of hydrogen-bond acceptors (Lipinski definition) is 7. The molecule has 1 N–H and O–H groups in total. The summed E-state index contributed by atoms with van der Waals surface area (Å²) in [5, 5.41) is 16.4. The van der Waals surface area contributed by atoms with Gasteiger partial charge < -0.3 is 9.42 Å². The van der Waals surface area contributed by atoms with Gasteiger partial charge in [0.25, 0.3) is 5.91 Å². The first-order valence-corrected chi connectivity index (χ1v) is 10.8. The Kier molecular flexibility index (Phi) is 5.45. The first kappa shape index (κ1) is 19.1. The number of hydrogen-bond donors (Lipinski definition) is 1. The zero-order chi connectivity index (χ0) is 19.7. The van der Waals surface area contributed by atoms with Gasteiger partial charge in [-0.2, -0.15) is 0 Å². The second-order valence-corrected chi connectivity index (χ2v) is 8.84. The van der Waals surface area contributed by atoms with Crippen LogP contribution in [0.1, 0.15) is 43.6 Å². The number of nitrogens with one attached hydrogen (secondary N) is 1. The lowest BCUT2D eigenvalue weighted by Crippen LogP contribution is -2.43. The molecule has 0 spiro atoms. The predicted molar refractivity (Wildman–Crippen MR) is 113 cm³/mol. The molecule has 2 atom stereocenters. The van der Waals surface area contributed by atoms with Gasteiger partial charge in [-0.3, -0.25) is 10.1 Å². The number of halogens is 1. The first-order valence-electron chi connectivity index (χ1n) is 9.17. The Balaban J connectivity index is 1.46. The molecule has 0 bridgehead atoms. The number of anilines is 2. The van der Waals surface area contributed by atoms with Crippen LogP contribution in [0.15, 0.2) is 39.3 Å². The molecule has 0 saturated carbocycles. The molecule has 28 heavy (non-hydrogen) atoms. The van der Waals surface area contributed by atoms with Crippen molar-refractivity contribution in [2.75, 3.05) is 10.2 Å². The highest BCUT2D eigenvalue weighted by molar-refractivity contribution is 9.10. The van der Waals surface area contributed by atoms with E-state index in [0.717, 1.165) is 28.0 Å². The third-order valence-electron chi connectivity index (χ3n) is 4.92. The van der Waals surface area contributed by atoms with Crippen LogP contribution in [0.5, 0.6) is 0 Å². The number of rotatable bonds is 4. The highest BCUT2D eigenvalue weighted by Gasteiger charge is 2.28. The summed E-state index contributed by atoms with van der Waals surface area (Å²) in [6, 6.07) is 10.1. The van der Waals surface area contributed by atoms with E-state index >= 15 is 0 Å². The van der Waals surface area contributed by atoms with Gasteiger partial charge in [-0.1, -0.05) is 44.6 Å². The van der Waals surface area contributed by atoms with Crippen LogP contribution < -0.4 is 10.2 Å². The summed E-state index contributed by atoms with van der Waals surface area (Å²) in [4.78, 5) is 14.8. The van der Waals surface area contributed by atoms with Crippen molar-refractivity contribution in [3.8, 4) is 11.3 Å². The van der Waals surface area contributed by atoms with Crippen molar-refractivity contribution in [2.45, 2.75) is 45.2 Å². The molecule has 7 nitrogen and oxygen atoms in total. The van der Waals surface area contributed by atoms with Crippen molar-refractivity contribution in [3.05, 3.63) is 40.5 Å². The maximum atomic E-state index is 12.5. The Hall–Kier alpha value is -2.26. The third kappa shape index (κ3) is 3.95. The van der Waals surface area contributed by atoms with Gasteiger partial charge in [0.2, 0.25) is 10.3 Å². The topological polar surface area (TPSA) is 84.2 Å². The van der Waals surface area contributed by atoms with Crippen LogP contribution in [-0.4, -0.2) is 33.3 Å². The number of piperidine rings is 1. The molecule has 3 heterocycles. The van der Waals surface area contributed by atoms with Crippen LogP contribution >= 0.6 is 27.3 Å². The predicted octanol–water partition coefficient (Wildman–Crippen LogP) is 4.98. The average Bonchev–Trinajstić information content (AvgIpc) is 3.32. The second-order valence-electron chi connectivity index (χ2n) is 6.96. The normalized spacial score (nSPS) is 19.6. The molecule has 1 saturated heterocycles. The molecule has 146 valence electrons. The Morgan fingerprint density at radius 1 is 1.21 bits per heavy atom. The minimum atomic E-state index is -0.366. The Morgan fingerprint density at radius 3 is 2.64 bits per heavy atom. The van der Waals surface area contributed by atoms with E-state index < -0.39 is 0 Å². The molecule has 1 fully saturated rings. The number of benzene rings is 1. The van der Waals surface area contributed by atoms with Crippen molar-refractivity contribution >= 4 is 43.4 Å². The summed E-state index contributed by atoms with van der Waals surface area (Å²) >= 11 is 4.78. The number of carbonyl (C=O) groups is 1. The van der Waals surface area contributed by atoms with E-state index in [9.17, 15) is 4.79 Å². The molecule has 1 amide bonds. The second kappa shape index (κ2) is 8.00. The number of nitrogens with zero attached hydrogens (tertiary/aromatic N) is 4. The highest BCUT2D eigenvalue weighted by atomic mass is 79.9. The number of amides is 1. The van der Waals surface area contributed by atoms with Gasteiger partial charge in [-0.05, 0) is 45.2 Å². The summed E-state index contributed by atoms with van der Waals surface area (Å²) in [6.45, 7) is 4.41. The van der Waals surface area contributed by atoms with Gasteiger partial charge in [0.05, 0.1) is 0 Å². The van der Waals surface area contributed by atoms with E-state index in [1.807, 2.05) is 24.3 Å². The molecule has 3 aromatic rings. The molecular weight excluding hydrogens is 442 g/mol. The van der Waals surface area contributed by atoms with Crippen LogP contribution in [0.3, 0.4) is 0 Å². The molecule has 9 heteroatoms. The monoisotopic (exact) mass is 461 g/mol. The summed E-state index contributed by atoms with van der Waals surface area (Å²) in [5.74, 6) is 0.168. The highest BCUT2D eigenvalue weighted by Crippen LogP contribution is 2.33. The molecule has 1 aromatic carbocycles. The van der Waals surface area contributed by atoms with E-state index in [1.165, 1.54) is 17.8 Å². The molecule has 2 aromatic heterocycles. The van der Waals surface area contributed by atoms with Gasteiger partial charge in [0.1, 0.15) is 0 Å². The lowest BCUT2D eigenvalue weighted by molar-refractivity contribution is 0.101. The fourth-order valence-corrected chi connectivity index (χ4v) is 4.67. The van der Waals surface area contributed by atoms with Crippen LogP contribution in [0.25, 0.3) is 11.3 Å². The molecule has 4 rings (SSSR count). The quantitative estimate of drug-likeness (QED) is 0.589. The largest absolute Gasteiger partial charge is 0.355 e. The van der Waals surface area contributed by atoms with Crippen LogP contribution in [0.2, 0.25) is 0 Å². The van der Waals surface area contributed by atoms with Gasteiger partial charge in [-0.15, -0.1) is 10.2 Å². The van der Waals surface area contributed by atoms with E-state index in [-0.39, 0.29) is 11.6 Å². The smallest absolute Gasteiger partial charge is 0.279 e. The van der Waals surface area contributed by atoms with Crippen molar-refractivity contribution in [1.29, 1.82) is 0 Å². The van der Waals surface area contributed by atoms with E-state index in [4.69, 9.17) is 4.52 Å². The summed E-state index contributed by atoms with van der Waals surface area (Å²) < 4.78 is 6.28. The van der Waals surface area contributed by atoms with Gasteiger partial charge >= 0.3 is 0 Å². The van der Waals surface area contributed by atoms with Crippen LogP contribution in [-0.2, 0) is 0 Å². The van der Waals surface area contributed by atoms with Gasteiger partial charge in [0.15, 0.2) is 11.5 Å². The fraction of sp³-hybridized carbons (Fsp3) is 0.368. The molecule has 1 aliphatic heterocycles. The van der Waals surface area contributed by atoms with Gasteiger partial charge in [-0.25, -0.2) is 0 Å². The van der Waals surface area contributed by atoms with Gasteiger partial charge in [0, 0.05) is 28.2 Å². The Bertz CT molecular complexity index is 961. The minimum Gasteiger partial charge on any atom is -0.355 e. The third-order valence-corrected chi connectivity index (χ3v) is 6.30. The molecule has 0 aliphatic carbocycles. The molecular formula is C19H20BrN5O2S. The van der Waals surface area contributed by atoms with Crippen LogP contribution in [0, 0.1) is 0 Å². The minimum absolute atomic E-state index is 0.203. The SMILES string of the molecule is C[C@H]1CCC[C@H](C)N1c1nnc(NC(=O)c2cc(-c3ccc(Br)cc3)on2)s1. The Morgan fingerprint density at radius 2 is 1.93 bits per heavy atom. The standard InChI is InChI=1S/C19H20BrN5O2S/c1-11-4-3-5-12(2)25(11)19-23-22-18(28-19)21-17(26)15-10-16(27-24-15)13-6-8-14(20)9-7-13/h6-12H,3-5H2,1-2H3,(H,21,22,26)/t11-,12-/m0/s1. The lowest BCUT2D eigenvalue weighted by atomic mass is 9.98. The zero-order valence-corrected chi connectivity index (χ0v) is 18.0. The number of aromatic nitrogens is 3. The summed E-state index contributed by atoms with van der Waals surface area (Å²) in [7, 11) is 0. The maximum absolute atomic E-state index is 12.5. The molecule has 1 aliphatic rings. The van der Waals surface area contributed by atoms with Crippen molar-refractivity contribution in [1.82, 2.24) is 15.4 Å². The van der Waals surface area contributed by atoms with Crippen molar-refractivity contribution in [2.24, 2.45) is 0 Å². The summed E-state index contributed by atoms with van der Waals surface area (Å²) in [6.07, 6.45) is 3.51. The average molecular weight is 462 g/mol. The summed E-state index contributed by atoms with van der Waals surface area (Å²) in [5.41, 5.74) is 1.05.